The van der Waals surface area contributed by atoms with E-state index < -0.39 is 0 Å². The number of rotatable bonds is 4. The van der Waals surface area contributed by atoms with Crippen LogP contribution in [0.25, 0.3) is 0 Å². The molecule has 1 rings (SSSR count). The minimum absolute atomic E-state index is 0.159. The fourth-order valence-corrected chi connectivity index (χ4v) is 2.33. The van der Waals surface area contributed by atoms with E-state index in [4.69, 9.17) is 17.3 Å². The first-order valence-corrected chi connectivity index (χ1v) is 6.41. The van der Waals surface area contributed by atoms with Gasteiger partial charge in [-0.2, -0.15) is 0 Å². The number of hydrogen-bond donors (Lipinski definition) is 2. The maximum atomic E-state index is 11.9. The molecule has 17 heavy (non-hydrogen) atoms. The van der Waals surface area contributed by atoms with Crippen LogP contribution in [0, 0.1) is 11.8 Å². The zero-order valence-corrected chi connectivity index (χ0v) is 11.0. The molecule has 2 unspecified atom stereocenters. The van der Waals surface area contributed by atoms with E-state index in [1.54, 1.807) is 11.8 Å². The fraction of sp³-hybridized carbons (Fsp3) is 0.818. The van der Waals surface area contributed by atoms with Gasteiger partial charge in [0.2, 0.25) is 5.91 Å². The average molecular weight is 262 g/mol. The van der Waals surface area contributed by atoms with Crippen molar-refractivity contribution in [1.82, 2.24) is 10.2 Å². The summed E-state index contributed by atoms with van der Waals surface area (Å²) in [5.74, 6) is -0.0997. The van der Waals surface area contributed by atoms with Crippen molar-refractivity contribution in [3.05, 3.63) is 0 Å². The largest absolute Gasteiger partial charge is 0.369 e. The highest BCUT2D eigenvalue weighted by Gasteiger charge is 2.33. The van der Waals surface area contributed by atoms with Crippen molar-refractivity contribution >= 4 is 23.5 Å². The summed E-state index contributed by atoms with van der Waals surface area (Å²) in [4.78, 5) is 24.8. The lowest BCUT2D eigenvalue weighted by Gasteiger charge is -2.26. The third-order valence-corrected chi connectivity index (χ3v) is 3.56. The molecule has 0 radical (unpaired) electrons. The summed E-state index contributed by atoms with van der Waals surface area (Å²) in [5.41, 5.74) is 5.29. The van der Waals surface area contributed by atoms with Gasteiger partial charge in [0.15, 0.2) is 0 Å². The Morgan fingerprint density at radius 1 is 1.71 bits per heavy atom. The molecule has 0 spiro atoms. The Bertz CT molecular complexity index is 298. The molecule has 0 aliphatic carbocycles. The number of nitrogens with one attached hydrogen (secondary N) is 1. The first-order valence-electron chi connectivity index (χ1n) is 5.88. The van der Waals surface area contributed by atoms with Gasteiger partial charge in [-0.15, -0.1) is 11.6 Å². The number of primary amides is 1. The number of urea groups is 1. The van der Waals surface area contributed by atoms with E-state index in [0.717, 1.165) is 6.42 Å². The van der Waals surface area contributed by atoms with Gasteiger partial charge in [-0.3, -0.25) is 4.79 Å². The number of nitrogens with two attached hydrogens (primary N) is 1. The molecule has 0 aromatic carbocycles. The molecule has 1 saturated heterocycles. The van der Waals surface area contributed by atoms with Crippen LogP contribution in [0.5, 0.6) is 0 Å². The minimum atomic E-state index is -0.382. The molecule has 0 saturated carbocycles. The molecule has 0 aromatic heterocycles. The lowest BCUT2D eigenvalue weighted by molar-refractivity contribution is -0.122. The molecule has 0 aromatic rings. The monoisotopic (exact) mass is 261 g/mol. The van der Waals surface area contributed by atoms with Crippen LogP contribution >= 0.6 is 11.6 Å². The Morgan fingerprint density at radius 2 is 2.35 bits per heavy atom. The summed E-state index contributed by atoms with van der Waals surface area (Å²) >= 11 is 5.64. The average Bonchev–Trinajstić information content (AvgIpc) is 2.41. The standard InChI is InChI=1S/C11H20ClN3O2/c1-7-3-5-15(6-4-12)11(17)14-9(7)8(2)10(13)16/h7-9H,3-6H2,1-2H3,(H2,13,16)(H,14,17)/t7?,8-,9?/m0/s1. The number of alkyl halides is 1. The summed E-state index contributed by atoms with van der Waals surface area (Å²) in [7, 11) is 0. The molecule has 0 bridgehead atoms. The van der Waals surface area contributed by atoms with Crippen LogP contribution in [0.3, 0.4) is 0 Å². The molecule has 5 nitrogen and oxygen atoms in total. The highest BCUT2D eigenvalue weighted by Crippen LogP contribution is 2.20. The number of carbonyl (C=O) groups excluding carboxylic acids is 2. The minimum Gasteiger partial charge on any atom is -0.369 e. The lowest BCUT2D eigenvalue weighted by Crippen LogP contribution is -2.49. The van der Waals surface area contributed by atoms with Gasteiger partial charge in [0, 0.05) is 25.0 Å². The van der Waals surface area contributed by atoms with Crippen LogP contribution < -0.4 is 11.1 Å². The second-order valence-corrected chi connectivity index (χ2v) is 4.99. The van der Waals surface area contributed by atoms with Crippen molar-refractivity contribution in [2.24, 2.45) is 17.6 Å². The summed E-state index contributed by atoms with van der Waals surface area (Å²) in [6.45, 7) is 4.97. The van der Waals surface area contributed by atoms with Crippen LogP contribution in [0.1, 0.15) is 20.3 Å². The van der Waals surface area contributed by atoms with Crippen LogP contribution in [-0.2, 0) is 4.79 Å². The fourth-order valence-electron chi connectivity index (χ4n) is 2.13. The van der Waals surface area contributed by atoms with Gasteiger partial charge in [0.1, 0.15) is 0 Å². The predicted molar refractivity (Wildman–Crippen MR) is 66.8 cm³/mol. The Labute approximate surface area is 107 Å². The number of amides is 3. The van der Waals surface area contributed by atoms with Crippen LogP contribution in [0.15, 0.2) is 0 Å². The lowest BCUT2D eigenvalue weighted by atomic mass is 9.88. The third kappa shape index (κ3) is 3.49. The van der Waals surface area contributed by atoms with E-state index in [2.05, 4.69) is 5.32 Å². The van der Waals surface area contributed by atoms with Gasteiger partial charge in [-0.05, 0) is 12.3 Å². The van der Waals surface area contributed by atoms with E-state index >= 15 is 0 Å². The second kappa shape index (κ2) is 6.10. The molecular formula is C11H20ClN3O2. The molecule has 3 atom stereocenters. The van der Waals surface area contributed by atoms with Crippen molar-refractivity contribution in [1.29, 1.82) is 0 Å². The number of halogens is 1. The third-order valence-electron chi connectivity index (χ3n) is 3.39. The van der Waals surface area contributed by atoms with Gasteiger partial charge in [-0.1, -0.05) is 13.8 Å². The first kappa shape index (κ1) is 14.1. The van der Waals surface area contributed by atoms with Crippen LogP contribution in [0.2, 0.25) is 0 Å². The summed E-state index contributed by atoms with van der Waals surface area (Å²) < 4.78 is 0. The van der Waals surface area contributed by atoms with Crippen molar-refractivity contribution in [2.75, 3.05) is 19.0 Å². The number of nitrogens with zero attached hydrogens (tertiary/aromatic N) is 1. The van der Waals surface area contributed by atoms with E-state index in [-0.39, 0.29) is 29.8 Å². The molecule has 98 valence electrons. The Hall–Kier alpha value is -0.970. The maximum absolute atomic E-state index is 11.9. The number of hydrogen-bond acceptors (Lipinski definition) is 2. The maximum Gasteiger partial charge on any atom is 0.317 e. The molecule has 1 aliphatic heterocycles. The predicted octanol–water partition coefficient (Wildman–Crippen LogP) is 0.767. The van der Waals surface area contributed by atoms with Gasteiger partial charge in [0.05, 0.1) is 5.92 Å². The highest BCUT2D eigenvalue weighted by molar-refractivity contribution is 6.18. The molecule has 6 heteroatoms. The van der Waals surface area contributed by atoms with E-state index in [1.807, 2.05) is 6.92 Å². The van der Waals surface area contributed by atoms with Crippen LogP contribution in [0.4, 0.5) is 4.79 Å². The van der Waals surface area contributed by atoms with E-state index in [1.165, 1.54) is 0 Å². The molecule has 3 N–H and O–H groups in total. The van der Waals surface area contributed by atoms with E-state index in [9.17, 15) is 9.59 Å². The molecule has 1 aliphatic rings. The Kier molecular flexibility index (Phi) is 5.05. The van der Waals surface area contributed by atoms with Gasteiger partial charge in [-0.25, -0.2) is 4.79 Å². The number of carbonyl (C=O) groups is 2. The second-order valence-electron chi connectivity index (χ2n) is 4.61. The smallest absolute Gasteiger partial charge is 0.317 e. The Balaban J connectivity index is 2.74. The summed E-state index contributed by atoms with van der Waals surface area (Å²) in [5, 5.41) is 2.87. The topological polar surface area (TPSA) is 75.4 Å². The molecule has 1 fully saturated rings. The van der Waals surface area contributed by atoms with Crippen molar-refractivity contribution in [3.63, 3.8) is 0 Å². The Morgan fingerprint density at radius 3 is 2.88 bits per heavy atom. The normalized spacial score (nSPS) is 27.2. The van der Waals surface area contributed by atoms with Gasteiger partial charge in [0.25, 0.3) is 0 Å². The van der Waals surface area contributed by atoms with E-state index in [0.29, 0.717) is 19.0 Å². The summed E-state index contributed by atoms with van der Waals surface area (Å²) in [6.07, 6.45) is 0.845. The molecule has 3 amide bonds. The van der Waals surface area contributed by atoms with Crippen LogP contribution in [-0.4, -0.2) is 41.8 Å². The molecule has 1 heterocycles. The van der Waals surface area contributed by atoms with Crippen molar-refractivity contribution in [3.8, 4) is 0 Å². The zero-order chi connectivity index (χ0) is 13.0. The quantitative estimate of drug-likeness (QED) is 0.734. The van der Waals surface area contributed by atoms with Crippen molar-refractivity contribution in [2.45, 2.75) is 26.3 Å². The first-order chi connectivity index (χ1) is 7.97. The summed E-state index contributed by atoms with van der Waals surface area (Å²) in [6, 6.07) is -0.353. The van der Waals surface area contributed by atoms with Gasteiger partial charge < -0.3 is 16.0 Å². The molecular weight excluding hydrogens is 242 g/mol. The SMILES string of the molecule is CC1CCN(CCCl)C(=O)NC1[C@H](C)C(N)=O. The van der Waals surface area contributed by atoms with Crippen molar-refractivity contribution < 1.29 is 9.59 Å². The van der Waals surface area contributed by atoms with Gasteiger partial charge >= 0.3 is 6.03 Å². The zero-order valence-electron chi connectivity index (χ0n) is 10.3. The highest BCUT2D eigenvalue weighted by atomic mass is 35.5.